The molecule has 0 aromatic carbocycles. The van der Waals surface area contributed by atoms with Gasteiger partial charge in [-0.15, -0.1) is 0 Å². The zero-order valence-corrected chi connectivity index (χ0v) is 18.3. The highest BCUT2D eigenvalue weighted by Gasteiger charge is 2.34. The lowest BCUT2D eigenvalue weighted by Crippen LogP contribution is -2.61. The van der Waals surface area contributed by atoms with E-state index in [1.54, 1.807) is 6.92 Å². The fourth-order valence-electron chi connectivity index (χ4n) is 2.70. The first-order chi connectivity index (χ1) is 14.5. The second kappa shape index (κ2) is 14.7. The van der Waals surface area contributed by atoms with Crippen molar-refractivity contribution in [3.05, 3.63) is 0 Å². The molecule has 12 nitrogen and oxygen atoms in total. The molecule has 10 N–H and O–H groups in total. The van der Waals surface area contributed by atoms with Gasteiger partial charge in [-0.05, 0) is 32.2 Å². The van der Waals surface area contributed by atoms with E-state index in [4.69, 9.17) is 21.7 Å². The van der Waals surface area contributed by atoms with E-state index in [2.05, 4.69) is 10.6 Å². The molecule has 0 fully saturated rings. The molecule has 0 aliphatic rings. The van der Waals surface area contributed by atoms with Gasteiger partial charge in [0.2, 0.25) is 17.7 Å². The Morgan fingerprint density at radius 2 is 1.48 bits per heavy atom. The van der Waals surface area contributed by atoms with Gasteiger partial charge < -0.3 is 42.7 Å². The highest BCUT2D eigenvalue weighted by Crippen LogP contribution is 2.10. The van der Waals surface area contributed by atoms with Crippen molar-refractivity contribution < 1.29 is 34.5 Å². The SMILES string of the molecule is CCC(C)C(NC(=O)C(N)CCCCN)C(=O)NC(C(=O)NC(CO)C(=O)O)C(C)O. The van der Waals surface area contributed by atoms with Crippen LogP contribution in [0.25, 0.3) is 0 Å². The van der Waals surface area contributed by atoms with E-state index >= 15 is 0 Å². The second-order valence-electron chi connectivity index (χ2n) is 7.57. The maximum atomic E-state index is 12.8. The van der Waals surface area contributed by atoms with E-state index in [1.165, 1.54) is 6.92 Å². The Hall–Kier alpha value is -2.28. The molecule has 0 spiro atoms. The van der Waals surface area contributed by atoms with Crippen LogP contribution < -0.4 is 27.4 Å². The Labute approximate surface area is 182 Å². The average molecular weight is 448 g/mol. The summed E-state index contributed by atoms with van der Waals surface area (Å²) >= 11 is 0. The molecule has 31 heavy (non-hydrogen) atoms. The minimum absolute atomic E-state index is 0.317. The molecule has 0 aliphatic carbocycles. The van der Waals surface area contributed by atoms with Crippen LogP contribution in [0.4, 0.5) is 0 Å². The first-order valence-corrected chi connectivity index (χ1v) is 10.4. The van der Waals surface area contributed by atoms with Crippen molar-refractivity contribution in [2.75, 3.05) is 13.2 Å². The van der Waals surface area contributed by atoms with E-state index < -0.39 is 60.6 Å². The number of amides is 3. The molecule has 0 rings (SSSR count). The van der Waals surface area contributed by atoms with Crippen molar-refractivity contribution in [2.45, 2.75) is 76.7 Å². The number of aliphatic hydroxyl groups is 2. The predicted molar refractivity (Wildman–Crippen MR) is 113 cm³/mol. The molecule has 0 aliphatic heterocycles. The van der Waals surface area contributed by atoms with Crippen molar-refractivity contribution in [3.63, 3.8) is 0 Å². The van der Waals surface area contributed by atoms with Crippen LogP contribution in [0.5, 0.6) is 0 Å². The number of carboxylic acid groups (broad SMARTS) is 1. The van der Waals surface area contributed by atoms with E-state index in [9.17, 15) is 24.3 Å². The van der Waals surface area contributed by atoms with Crippen molar-refractivity contribution >= 4 is 23.7 Å². The van der Waals surface area contributed by atoms with Crippen LogP contribution in [0.15, 0.2) is 0 Å². The Balaban J connectivity index is 5.30. The maximum absolute atomic E-state index is 12.8. The van der Waals surface area contributed by atoms with Gasteiger partial charge in [0.25, 0.3) is 0 Å². The van der Waals surface area contributed by atoms with Crippen LogP contribution in [0.1, 0.15) is 46.5 Å². The molecule has 0 saturated carbocycles. The van der Waals surface area contributed by atoms with Gasteiger partial charge in [0, 0.05) is 0 Å². The average Bonchev–Trinajstić information content (AvgIpc) is 2.72. The molecule has 3 amide bonds. The Kier molecular flexibility index (Phi) is 13.6. The maximum Gasteiger partial charge on any atom is 0.328 e. The molecule has 6 atom stereocenters. The fourth-order valence-corrected chi connectivity index (χ4v) is 2.70. The first-order valence-electron chi connectivity index (χ1n) is 10.4. The quantitative estimate of drug-likeness (QED) is 0.123. The van der Waals surface area contributed by atoms with Gasteiger partial charge in [-0.3, -0.25) is 14.4 Å². The smallest absolute Gasteiger partial charge is 0.328 e. The zero-order valence-electron chi connectivity index (χ0n) is 18.3. The molecule has 0 aromatic heterocycles. The highest BCUT2D eigenvalue weighted by molar-refractivity contribution is 5.94. The molecular formula is C19H37N5O7. The number of carbonyl (C=O) groups excluding carboxylic acids is 3. The van der Waals surface area contributed by atoms with Crippen LogP contribution in [0.2, 0.25) is 0 Å². The van der Waals surface area contributed by atoms with Gasteiger partial charge in [-0.2, -0.15) is 0 Å². The van der Waals surface area contributed by atoms with Crippen molar-refractivity contribution in [1.82, 2.24) is 16.0 Å². The van der Waals surface area contributed by atoms with Gasteiger partial charge in [0.1, 0.15) is 18.1 Å². The molecule has 0 radical (unpaired) electrons. The number of unbranched alkanes of at least 4 members (excludes halogenated alkanes) is 1. The molecule has 12 heteroatoms. The highest BCUT2D eigenvalue weighted by atomic mass is 16.4. The lowest BCUT2D eigenvalue weighted by molar-refractivity contribution is -0.144. The molecule has 180 valence electrons. The van der Waals surface area contributed by atoms with Crippen LogP contribution in [0.3, 0.4) is 0 Å². The lowest BCUT2D eigenvalue weighted by Gasteiger charge is -2.28. The van der Waals surface area contributed by atoms with Crippen molar-refractivity contribution in [3.8, 4) is 0 Å². The Morgan fingerprint density at radius 1 is 0.935 bits per heavy atom. The van der Waals surface area contributed by atoms with E-state index in [-0.39, 0.29) is 5.92 Å². The van der Waals surface area contributed by atoms with Crippen molar-refractivity contribution in [2.24, 2.45) is 17.4 Å². The Morgan fingerprint density at radius 3 is 1.94 bits per heavy atom. The van der Waals surface area contributed by atoms with Crippen LogP contribution in [0, 0.1) is 5.92 Å². The topological polar surface area (TPSA) is 217 Å². The van der Waals surface area contributed by atoms with Crippen LogP contribution >= 0.6 is 0 Å². The standard InChI is InChI=1S/C19H37N5O7/c1-4-10(2)14(23-16(27)12(21)7-5-6-8-20)17(28)24-15(11(3)26)18(29)22-13(9-25)19(30)31/h10-15,25-26H,4-9,20-21H2,1-3H3,(H,22,29)(H,23,27)(H,24,28)(H,30,31). The van der Waals surface area contributed by atoms with Gasteiger partial charge in [-0.1, -0.05) is 26.7 Å². The second-order valence-corrected chi connectivity index (χ2v) is 7.57. The minimum atomic E-state index is -1.60. The van der Waals surface area contributed by atoms with Gasteiger partial charge in [-0.25, -0.2) is 4.79 Å². The lowest BCUT2D eigenvalue weighted by atomic mass is 9.96. The van der Waals surface area contributed by atoms with Crippen LogP contribution in [-0.4, -0.2) is 82.4 Å². The third kappa shape index (κ3) is 10.0. The number of rotatable bonds is 15. The number of aliphatic carboxylic acids is 1. The third-order valence-corrected chi connectivity index (χ3v) is 4.96. The number of nitrogens with two attached hydrogens (primary N) is 2. The molecule has 0 saturated heterocycles. The van der Waals surface area contributed by atoms with Gasteiger partial charge in [0.15, 0.2) is 0 Å². The summed E-state index contributed by atoms with van der Waals surface area (Å²) in [6, 6.07) is -4.95. The Bertz CT molecular complexity index is 602. The number of carbonyl (C=O) groups is 4. The van der Waals surface area contributed by atoms with E-state index in [0.717, 1.165) is 0 Å². The fraction of sp³-hybridized carbons (Fsp3) is 0.789. The summed E-state index contributed by atoms with van der Waals surface area (Å²) in [5.74, 6) is -4.03. The summed E-state index contributed by atoms with van der Waals surface area (Å²) in [5.41, 5.74) is 11.3. The van der Waals surface area contributed by atoms with Gasteiger partial charge >= 0.3 is 5.97 Å². The van der Waals surface area contributed by atoms with Gasteiger partial charge in [0.05, 0.1) is 18.8 Å². The summed E-state index contributed by atoms with van der Waals surface area (Å²) in [6.45, 7) is 4.40. The molecule has 0 bridgehead atoms. The number of hydrogen-bond acceptors (Lipinski definition) is 8. The summed E-state index contributed by atoms with van der Waals surface area (Å²) < 4.78 is 0. The molecule has 0 aromatic rings. The molecular weight excluding hydrogens is 410 g/mol. The summed E-state index contributed by atoms with van der Waals surface area (Å²) in [6.07, 6.45) is 0.924. The number of nitrogens with one attached hydrogen (secondary N) is 3. The molecule has 6 unspecified atom stereocenters. The van der Waals surface area contributed by atoms with Crippen molar-refractivity contribution in [1.29, 1.82) is 0 Å². The molecule has 0 heterocycles. The first kappa shape index (κ1) is 28.7. The number of hydrogen-bond donors (Lipinski definition) is 8. The number of aliphatic hydroxyl groups excluding tert-OH is 2. The predicted octanol–water partition coefficient (Wildman–Crippen LogP) is -2.60. The minimum Gasteiger partial charge on any atom is -0.480 e. The monoisotopic (exact) mass is 447 g/mol. The third-order valence-electron chi connectivity index (χ3n) is 4.96. The normalized spacial score (nSPS) is 16.9. The van der Waals surface area contributed by atoms with E-state index in [1.807, 2.05) is 12.2 Å². The van der Waals surface area contributed by atoms with E-state index in [0.29, 0.717) is 32.2 Å². The summed E-state index contributed by atoms with van der Waals surface area (Å²) in [5, 5.41) is 34.9. The zero-order chi connectivity index (χ0) is 24.1. The summed E-state index contributed by atoms with van der Waals surface area (Å²) in [7, 11) is 0. The summed E-state index contributed by atoms with van der Waals surface area (Å²) in [4.78, 5) is 48.6. The number of carboxylic acids is 1. The van der Waals surface area contributed by atoms with Crippen LogP contribution in [-0.2, 0) is 19.2 Å². The largest absolute Gasteiger partial charge is 0.480 e.